The monoisotopic (exact) mass is 249 g/mol. The van der Waals surface area contributed by atoms with Crippen molar-refractivity contribution in [2.24, 2.45) is 11.1 Å². The average Bonchev–Trinajstić information content (AvgIpc) is 2.18. The summed E-state index contributed by atoms with van der Waals surface area (Å²) in [5.41, 5.74) is 8.24. The summed E-state index contributed by atoms with van der Waals surface area (Å²) in [7, 11) is 1.95. The van der Waals surface area contributed by atoms with E-state index in [4.69, 9.17) is 11.1 Å². The lowest BCUT2D eigenvalue weighted by Gasteiger charge is -2.28. The summed E-state index contributed by atoms with van der Waals surface area (Å²) < 4.78 is 0. The van der Waals surface area contributed by atoms with Crippen LogP contribution < -0.4 is 10.6 Å². The van der Waals surface area contributed by atoms with E-state index in [9.17, 15) is 0 Å². The zero-order valence-electron chi connectivity index (χ0n) is 12.1. The van der Waals surface area contributed by atoms with Crippen LogP contribution in [0.25, 0.3) is 0 Å². The zero-order valence-corrected chi connectivity index (χ0v) is 12.1. The average molecular weight is 249 g/mol. The second-order valence-electron chi connectivity index (χ2n) is 5.94. The van der Waals surface area contributed by atoms with Crippen molar-refractivity contribution in [1.82, 2.24) is 10.2 Å². The number of nitrogen functional groups attached to an aromatic ring is 1. The Morgan fingerprint density at radius 1 is 1.28 bits per heavy atom. The topological polar surface area (TPSA) is 78.9 Å². The first-order chi connectivity index (χ1) is 8.13. The minimum Gasteiger partial charge on any atom is -0.384 e. The van der Waals surface area contributed by atoms with Crippen LogP contribution in [0.4, 0.5) is 5.82 Å². The number of aryl methyl sites for hydroxylation is 1. The molecule has 1 heterocycles. The minimum atomic E-state index is 0.0428. The molecule has 0 aliphatic rings. The molecule has 0 aromatic carbocycles. The van der Waals surface area contributed by atoms with Crippen molar-refractivity contribution in [3.63, 3.8) is 0 Å². The maximum Gasteiger partial charge on any atom is 0.162 e. The molecule has 5 nitrogen and oxygen atoms in total. The van der Waals surface area contributed by atoms with Crippen LogP contribution in [0.3, 0.4) is 0 Å². The molecule has 0 radical (unpaired) electrons. The molecule has 0 aliphatic carbocycles. The van der Waals surface area contributed by atoms with E-state index in [1.165, 1.54) is 0 Å². The number of anilines is 1. The summed E-state index contributed by atoms with van der Waals surface area (Å²) in [5.74, 6) is 0.724. The van der Waals surface area contributed by atoms with Gasteiger partial charge in [-0.05, 0) is 24.8 Å². The Labute approximate surface area is 109 Å². The Morgan fingerprint density at radius 3 is 2.28 bits per heavy atom. The van der Waals surface area contributed by atoms with Crippen molar-refractivity contribution in [2.45, 2.75) is 34.6 Å². The number of nitrogens with two attached hydrogens (primary N) is 1. The number of amidine groups is 1. The van der Waals surface area contributed by atoms with Gasteiger partial charge in [0, 0.05) is 13.6 Å². The molecule has 1 aromatic rings. The molecule has 100 valence electrons. The Hall–Kier alpha value is -1.65. The highest BCUT2D eigenvalue weighted by Crippen LogP contribution is 2.24. The Morgan fingerprint density at radius 2 is 1.83 bits per heavy atom. The van der Waals surface area contributed by atoms with E-state index < -0.39 is 0 Å². The fourth-order valence-electron chi connectivity index (χ4n) is 1.97. The van der Waals surface area contributed by atoms with Crippen LogP contribution in [0.1, 0.15) is 37.6 Å². The third-order valence-electron chi connectivity index (χ3n) is 2.78. The van der Waals surface area contributed by atoms with Crippen LogP contribution in [0.15, 0.2) is 0 Å². The maximum absolute atomic E-state index is 7.72. The van der Waals surface area contributed by atoms with Crippen LogP contribution in [-0.4, -0.2) is 29.6 Å². The zero-order chi connectivity index (χ0) is 14.1. The van der Waals surface area contributed by atoms with Gasteiger partial charge in [-0.3, -0.25) is 5.41 Å². The molecule has 0 amide bonds. The van der Waals surface area contributed by atoms with E-state index in [0.29, 0.717) is 11.4 Å². The summed E-state index contributed by atoms with van der Waals surface area (Å²) in [5, 5.41) is 16.0. The van der Waals surface area contributed by atoms with Gasteiger partial charge in [0.05, 0.1) is 11.3 Å². The van der Waals surface area contributed by atoms with E-state index in [2.05, 4.69) is 31.0 Å². The number of hydrogen-bond acceptors (Lipinski definition) is 4. The highest BCUT2D eigenvalue weighted by molar-refractivity contribution is 6.01. The van der Waals surface area contributed by atoms with E-state index in [0.717, 1.165) is 17.8 Å². The lowest BCUT2D eigenvalue weighted by Crippen LogP contribution is -2.32. The number of rotatable bonds is 3. The number of nitrogens with zero attached hydrogens (tertiary/aromatic N) is 3. The summed E-state index contributed by atoms with van der Waals surface area (Å²) in [6, 6.07) is 0. The lowest BCUT2D eigenvalue weighted by atomic mass is 9.96. The molecule has 1 rings (SSSR count). The molecule has 0 saturated heterocycles. The van der Waals surface area contributed by atoms with Gasteiger partial charge in [-0.1, -0.05) is 20.8 Å². The molecule has 0 saturated carbocycles. The third-order valence-corrected chi connectivity index (χ3v) is 2.78. The highest BCUT2D eigenvalue weighted by atomic mass is 15.3. The highest BCUT2D eigenvalue weighted by Gasteiger charge is 2.20. The maximum atomic E-state index is 7.72. The molecule has 18 heavy (non-hydrogen) atoms. The smallest absolute Gasteiger partial charge is 0.162 e. The van der Waals surface area contributed by atoms with Gasteiger partial charge in [0.1, 0.15) is 5.84 Å². The van der Waals surface area contributed by atoms with Gasteiger partial charge in [-0.15, -0.1) is 5.10 Å². The Kier molecular flexibility index (Phi) is 3.94. The molecule has 3 N–H and O–H groups in total. The fraction of sp³-hybridized carbons (Fsp3) is 0.615. The van der Waals surface area contributed by atoms with Gasteiger partial charge in [-0.2, -0.15) is 5.10 Å². The quantitative estimate of drug-likeness (QED) is 0.633. The second-order valence-corrected chi connectivity index (χ2v) is 5.94. The van der Waals surface area contributed by atoms with Crippen LogP contribution in [0, 0.1) is 24.7 Å². The van der Waals surface area contributed by atoms with Gasteiger partial charge >= 0.3 is 0 Å². The van der Waals surface area contributed by atoms with Gasteiger partial charge in [-0.25, -0.2) is 0 Å². The van der Waals surface area contributed by atoms with Crippen molar-refractivity contribution in [3.8, 4) is 0 Å². The van der Waals surface area contributed by atoms with Crippen LogP contribution in [0.2, 0.25) is 0 Å². The van der Waals surface area contributed by atoms with Crippen molar-refractivity contribution < 1.29 is 0 Å². The van der Waals surface area contributed by atoms with Gasteiger partial charge in [0.2, 0.25) is 0 Å². The van der Waals surface area contributed by atoms with Crippen LogP contribution in [0.5, 0.6) is 0 Å². The number of hydrogen-bond donors (Lipinski definition) is 2. The molecule has 1 aromatic heterocycles. The van der Waals surface area contributed by atoms with Gasteiger partial charge in [0.25, 0.3) is 0 Å². The van der Waals surface area contributed by atoms with E-state index in [1.54, 1.807) is 0 Å². The standard InChI is InChI=1S/C13H23N5/c1-8-9(2)16-17-12(10(8)11(14)15)18(6)7-13(3,4)5/h7H2,1-6H3,(H3,14,15). The van der Waals surface area contributed by atoms with Crippen molar-refractivity contribution in [1.29, 1.82) is 5.41 Å². The Balaban J connectivity index is 3.24. The molecule has 0 fully saturated rings. The first kappa shape index (κ1) is 14.4. The van der Waals surface area contributed by atoms with Crippen LogP contribution >= 0.6 is 0 Å². The predicted molar refractivity (Wildman–Crippen MR) is 75.2 cm³/mol. The minimum absolute atomic E-state index is 0.0428. The summed E-state index contributed by atoms with van der Waals surface area (Å²) in [6.45, 7) is 11.1. The molecule has 0 bridgehead atoms. The third kappa shape index (κ3) is 3.18. The summed E-state index contributed by atoms with van der Waals surface area (Å²) >= 11 is 0. The molecule has 0 unspecified atom stereocenters. The molecule has 0 atom stereocenters. The predicted octanol–water partition coefficient (Wildman–Crippen LogP) is 1.86. The Bertz CT molecular complexity index is 459. The summed E-state index contributed by atoms with van der Waals surface area (Å²) in [4.78, 5) is 2.01. The normalized spacial score (nSPS) is 11.4. The van der Waals surface area contributed by atoms with E-state index in [-0.39, 0.29) is 11.3 Å². The molecule has 5 heteroatoms. The molecular formula is C13H23N5. The van der Waals surface area contributed by atoms with Gasteiger partial charge in [0.15, 0.2) is 5.82 Å². The van der Waals surface area contributed by atoms with Crippen LogP contribution in [-0.2, 0) is 0 Å². The second kappa shape index (κ2) is 4.92. The lowest BCUT2D eigenvalue weighted by molar-refractivity contribution is 0.417. The first-order valence-corrected chi connectivity index (χ1v) is 6.03. The van der Waals surface area contributed by atoms with E-state index >= 15 is 0 Å². The molecule has 0 spiro atoms. The summed E-state index contributed by atoms with van der Waals surface area (Å²) in [6.07, 6.45) is 0. The van der Waals surface area contributed by atoms with Crippen molar-refractivity contribution in [2.75, 3.05) is 18.5 Å². The van der Waals surface area contributed by atoms with Gasteiger partial charge < -0.3 is 10.6 Å². The first-order valence-electron chi connectivity index (χ1n) is 6.03. The largest absolute Gasteiger partial charge is 0.384 e. The number of nitrogens with one attached hydrogen (secondary N) is 1. The fourth-order valence-corrected chi connectivity index (χ4v) is 1.97. The van der Waals surface area contributed by atoms with E-state index in [1.807, 2.05) is 25.8 Å². The van der Waals surface area contributed by atoms with Crippen molar-refractivity contribution in [3.05, 3.63) is 16.8 Å². The van der Waals surface area contributed by atoms with Crippen molar-refractivity contribution >= 4 is 11.7 Å². The SMILES string of the molecule is Cc1nnc(N(C)CC(C)(C)C)c(C(=N)N)c1C. The number of aromatic nitrogens is 2. The molecule has 0 aliphatic heterocycles. The molecular weight excluding hydrogens is 226 g/mol.